The van der Waals surface area contributed by atoms with Crippen LogP contribution >= 0.6 is 23.2 Å². The highest BCUT2D eigenvalue weighted by Gasteiger charge is 2.14. The number of amides is 2. The quantitative estimate of drug-likeness (QED) is 0.546. The Hall–Kier alpha value is -3.03. The second-order valence-electron chi connectivity index (χ2n) is 5.76. The number of carbonyl (C=O) groups excluding carboxylic acids is 2. The Bertz CT molecular complexity index is 1020. The molecule has 28 heavy (non-hydrogen) atoms. The largest absolute Gasteiger partial charge is 0.507 e. The first-order valence-corrected chi connectivity index (χ1v) is 8.97. The number of aromatic hydroxyl groups is 1. The van der Waals surface area contributed by atoms with E-state index >= 15 is 0 Å². The van der Waals surface area contributed by atoms with Gasteiger partial charge in [-0.2, -0.15) is 0 Å². The lowest BCUT2D eigenvalue weighted by molar-refractivity contribution is -0.121. The zero-order valence-electron chi connectivity index (χ0n) is 14.4. The van der Waals surface area contributed by atoms with E-state index in [4.69, 9.17) is 27.6 Å². The van der Waals surface area contributed by atoms with Gasteiger partial charge in [0.2, 0.25) is 5.91 Å². The van der Waals surface area contributed by atoms with Gasteiger partial charge in [-0.05, 0) is 30.3 Å². The van der Waals surface area contributed by atoms with Crippen molar-refractivity contribution in [3.8, 4) is 17.1 Å². The van der Waals surface area contributed by atoms with Crippen LogP contribution in [0.2, 0.25) is 10.0 Å². The number of halogens is 2. The van der Waals surface area contributed by atoms with Crippen LogP contribution in [-0.2, 0) is 11.2 Å². The van der Waals surface area contributed by atoms with E-state index in [-0.39, 0.29) is 29.2 Å². The summed E-state index contributed by atoms with van der Waals surface area (Å²) in [5.41, 5.74) is 5.14. The fraction of sp³-hybridized carbons (Fsp3) is 0.105. The summed E-state index contributed by atoms with van der Waals surface area (Å²) in [5.74, 6) is -0.518. The molecule has 0 aliphatic heterocycles. The molecular formula is C19H15Cl2N3O4. The summed E-state index contributed by atoms with van der Waals surface area (Å²) in [7, 11) is 0. The van der Waals surface area contributed by atoms with E-state index in [1.54, 1.807) is 12.1 Å². The number of benzene rings is 2. The third-order valence-corrected chi connectivity index (χ3v) is 4.34. The predicted octanol–water partition coefficient (Wildman–Crippen LogP) is 3.75. The molecule has 7 nitrogen and oxygen atoms in total. The second kappa shape index (κ2) is 8.77. The van der Waals surface area contributed by atoms with Crippen molar-refractivity contribution in [1.82, 2.24) is 15.8 Å². The van der Waals surface area contributed by atoms with Crippen LogP contribution in [0.15, 0.2) is 53.1 Å². The Morgan fingerprint density at radius 1 is 1.11 bits per heavy atom. The number of carbonyl (C=O) groups is 2. The van der Waals surface area contributed by atoms with Gasteiger partial charge in [-0.1, -0.05) is 35.3 Å². The van der Waals surface area contributed by atoms with Crippen molar-refractivity contribution < 1.29 is 19.1 Å². The molecule has 0 aliphatic carbocycles. The topological polar surface area (TPSA) is 104 Å². The minimum Gasteiger partial charge on any atom is -0.507 e. The molecule has 0 radical (unpaired) electrons. The molecule has 2 aromatic carbocycles. The number of hydrazine groups is 1. The second-order valence-corrected chi connectivity index (χ2v) is 6.61. The molecule has 0 bridgehead atoms. The van der Waals surface area contributed by atoms with Crippen LogP contribution in [0.4, 0.5) is 0 Å². The molecule has 1 aromatic heterocycles. The van der Waals surface area contributed by atoms with E-state index in [1.165, 1.54) is 24.4 Å². The Balaban J connectivity index is 1.52. The fourth-order valence-corrected chi connectivity index (χ4v) is 2.78. The van der Waals surface area contributed by atoms with Gasteiger partial charge in [-0.15, -0.1) is 0 Å². The number of hydrogen-bond acceptors (Lipinski definition) is 5. The molecule has 2 amide bonds. The molecule has 3 aromatic rings. The third kappa shape index (κ3) is 4.82. The van der Waals surface area contributed by atoms with Crippen LogP contribution < -0.4 is 10.9 Å². The lowest BCUT2D eigenvalue weighted by Gasteiger charge is -2.08. The normalized spacial score (nSPS) is 10.5. The van der Waals surface area contributed by atoms with Crippen molar-refractivity contribution in [3.05, 3.63) is 70.2 Å². The summed E-state index contributed by atoms with van der Waals surface area (Å²) < 4.78 is 5.61. The molecule has 0 fully saturated rings. The highest BCUT2D eigenvalue weighted by atomic mass is 35.5. The van der Waals surface area contributed by atoms with E-state index in [2.05, 4.69) is 15.8 Å². The van der Waals surface area contributed by atoms with Crippen molar-refractivity contribution in [3.63, 3.8) is 0 Å². The number of phenols is 1. The standard InChI is InChI=1S/C19H15Cl2N3O4/c20-11-5-6-15(25)13(9-11)19(27)24-23-17(26)7-8-18-22-10-16(28-18)12-3-1-2-4-14(12)21/h1-6,9-10,25H,7-8H2,(H,23,26)(H,24,27). The van der Waals surface area contributed by atoms with Crippen molar-refractivity contribution >= 4 is 35.0 Å². The van der Waals surface area contributed by atoms with Gasteiger partial charge in [-0.3, -0.25) is 20.4 Å². The van der Waals surface area contributed by atoms with Crippen molar-refractivity contribution in [2.45, 2.75) is 12.8 Å². The van der Waals surface area contributed by atoms with Gasteiger partial charge < -0.3 is 9.52 Å². The average molecular weight is 420 g/mol. The number of nitrogens with one attached hydrogen (secondary N) is 2. The SMILES string of the molecule is O=C(CCc1ncc(-c2ccccc2Cl)o1)NNC(=O)c1cc(Cl)ccc1O. The molecule has 3 N–H and O–H groups in total. The number of phenolic OH excluding ortho intramolecular Hbond substituents is 1. The smallest absolute Gasteiger partial charge is 0.273 e. The maximum absolute atomic E-state index is 12.0. The van der Waals surface area contributed by atoms with E-state index in [9.17, 15) is 14.7 Å². The van der Waals surface area contributed by atoms with Gasteiger partial charge in [0.15, 0.2) is 11.7 Å². The number of aryl methyl sites for hydroxylation is 1. The maximum Gasteiger partial charge on any atom is 0.273 e. The number of rotatable bonds is 5. The van der Waals surface area contributed by atoms with E-state index < -0.39 is 11.8 Å². The minimum atomic E-state index is -0.689. The third-order valence-electron chi connectivity index (χ3n) is 3.78. The molecule has 3 rings (SSSR count). The molecule has 9 heteroatoms. The first-order valence-electron chi connectivity index (χ1n) is 8.21. The summed E-state index contributed by atoms with van der Waals surface area (Å²) in [6.45, 7) is 0. The summed E-state index contributed by atoms with van der Waals surface area (Å²) >= 11 is 11.9. The summed E-state index contributed by atoms with van der Waals surface area (Å²) in [5, 5.41) is 10.5. The van der Waals surface area contributed by atoms with Gasteiger partial charge in [0, 0.05) is 23.4 Å². The average Bonchev–Trinajstić information content (AvgIpc) is 3.15. The first-order chi connectivity index (χ1) is 13.4. The maximum atomic E-state index is 12.0. The van der Waals surface area contributed by atoms with E-state index in [0.29, 0.717) is 22.2 Å². The van der Waals surface area contributed by atoms with Crippen LogP contribution in [0.5, 0.6) is 5.75 Å². The summed E-state index contributed by atoms with van der Waals surface area (Å²) in [6, 6.07) is 11.2. The fourth-order valence-electron chi connectivity index (χ4n) is 2.38. The zero-order chi connectivity index (χ0) is 20.1. The Kier molecular flexibility index (Phi) is 6.18. The highest BCUT2D eigenvalue weighted by Crippen LogP contribution is 2.28. The minimum absolute atomic E-state index is 0.0320. The van der Waals surface area contributed by atoms with Crippen molar-refractivity contribution in [2.24, 2.45) is 0 Å². The number of oxazole rings is 1. The zero-order valence-corrected chi connectivity index (χ0v) is 15.9. The molecule has 0 saturated carbocycles. The van der Waals surface area contributed by atoms with Gasteiger partial charge >= 0.3 is 0 Å². The molecule has 0 saturated heterocycles. The van der Waals surface area contributed by atoms with Crippen LogP contribution in [0.3, 0.4) is 0 Å². The summed E-state index contributed by atoms with van der Waals surface area (Å²) in [4.78, 5) is 28.1. The van der Waals surface area contributed by atoms with Crippen LogP contribution in [-0.4, -0.2) is 21.9 Å². The molecule has 0 spiro atoms. The predicted molar refractivity (Wildman–Crippen MR) is 104 cm³/mol. The van der Waals surface area contributed by atoms with Crippen molar-refractivity contribution in [1.29, 1.82) is 0 Å². The van der Waals surface area contributed by atoms with Gasteiger partial charge in [0.1, 0.15) is 5.75 Å². The number of nitrogens with zero attached hydrogens (tertiary/aromatic N) is 1. The van der Waals surface area contributed by atoms with Gasteiger partial charge in [0.05, 0.1) is 16.8 Å². The lowest BCUT2D eigenvalue weighted by atomic mass is 10.2. The van der Waals surface area contributed by atoms with Crippen molar-refractivity contribution in [2.75, 3.05) is 0 Å². The Morgan fingerprint density at radius 2 is 1.89 bits per heavy atom. The van der Waals surface area contributed by atoms with Crippen LogP contribution in [0.25, 0.3) is 11.3 Å². The molecule has 0 atom stereocenters. The molecule has 144 valence electrons. The van der Waals surface area contributed by atoms with E-state index in [0.717, 1.165) is 0 Å². The van der Waals surface area contributed by atoms with Gasteiger partial charge in [-0.25, -0.2) is 4.98 Å². The molecule has 1 heterocycles. The monoisotopic (exact) mass is 419 g/mol. The molecule has 0 unspecified atom stereocenters. The number of aromatic nitrogens is 1. The molecule has 0 aliphatic rings. The first kappa shape index (κ1) is 19.7. The summed E-state index contributed by atoms with van der Waals surface area (Å²) in [6.07, 6.45) is 1.80. The molecular weight excluding hydrogens is 405 g/mol. The highest BCUT2D eigenvalue weighted by molar-refractivity contribution is 6.33. The van der Waals surface area contributed by atoms with Crippen LogP contribution in [0.1, 0.15) is 22.7 Å². The van der Waals surface area contributed by atoms with Gasteiger partial charge in [0.25, 0.3) is 5.91 Å². The lowest BCUT2D eigenvalue weighted by Crippen LogP contribution is -2.41. The van der Waals surface area contributed by atoms with E-state index in [1.807, 2.05) is 12.1 Å². The Morgan fingerprint density at radius 3 is 2.68 bits per heavy atom. The Labute approximate surface area is 170 Å². The van der Waals surface area contributed by atoms with Crippen LogP contribution in [0, 0.1) is 0 Å². The number of hydrogen-bond donors (Lipinski definition) is 3.